The zero-order chi connectivity index (χ0) is 39.8. The molecule has 0 bridgehead atoms. The summed E-state index contributed by atoms with van der Waals surface area (Å²) in [6.45, 7) is 0.0822. The van der Waals surface area contributed by atoms with E-state index in [2.05, 4.69) is 44.5 Å². The quantitative estimate of drug-likeness (QED) is 0.0691. The average Bonchev–Trinajstić information content (AvgIpc) is 3.84. The second-order valence-electron chi connectivity index (χ2n) is 13.4. The number of aromatic nitrogens is 4. The highest BCUT2D eigenvalue weighted by molar-refractivity contribution is 6.28. The highest BCUT2D eigenvalue weighted by atomic mass is 35.5. The van der Waals surface area contributed by atoms with Crippen LogP contribution in [0, 0.1) is 0 Å². The normalized spacial score (nSPS) is 17.5. The Bertz CT molecular complexity index is 2450. The number of halogens is 1. The van der Waals surface area contributed by atoms with Crippen LogP contribution >= 0.6 is 11.6 Å². The van der Waals surface area contributed by atoms with Gasteiger partial charge in [-0.25, -0.2) is 19.4 Å². The van der Waals surface area contributed by atoms with Gasteiger partial charge in [-0.15, -0.1) is 0 Å². The molecule has 1 N–H and O–H groups in total. The van der Waals surface area contributed by atoms with E-state index in [-0.39, 0.29) is 34.6 Å². The number of anilines is 1. The molecular weight excluding hydrogens is 758 g/mol. The van der Waals surface area contributed by atoms with Crippen LogP contribution in [-0.2, 0) is 18.9 Å². The fourth-order valence-corrected chi connectivity index (χ4v) is 7.04. The number of benzene rings is 5. The van der Waals surface area contributed by atoms with Gasteiger partial charge in [0.15, 0.2) is 35.4 Å². The Balaban J connectivity index is 1.15. The molecule has 1 aliphatic rings. The van der Waals surface area contributed by atoms with E-state index in [0.717, 1.165) is 11.1 Å². The molecule has 12 nitrogen and oxygen atoms in total. The monoisotopic (exact) mass is 793 g/mol. The van der Waals surface area contributed by atoms with Gasteiger partial charge < -0.3 is 24.3 Å². The molecule has 290 valence electrons. The molecule has 8 rings (SSSR count). The van der Waals surface area contributed by atoms with Gasteiger partial charge >= 0.3 is 17.9 Å². The van der Waals surface area contributed by atoms with E-state index < -0.39 is 42.4 Å². The van der Waals surface area contributed by atoms with Crippen molar-refractivity contribution < 1.29 is 33.3 Å². The van der Waals surface area contributed by atoms with E-state index in [1.54, 1.807) is 95.6 Å². The van der Waals surface area contributed by atoms with Gasteiger partial charge in [-0.05, 0) is 59.1 Å². The SMILES string of the molecule is O=C(OC[C@H]1O[C@@H](n2cnc3c(NCC(c4ccccc4)c4ccccc4)nc(Cl)nc32)[C@H](OC(=O)c2ccccc2)[C@@H]1OC(=O)c1ccccc1)c1ccccc1. The topological polar surface area (TPSA) is 144 Å². The molecule has 0 aliphatic carbocycles. The summed E-state index contributed by atoms with van der Waals surface area (Å²) in [4.78, 5) is 54.2. The van der Waals surface area contributed by atoms with Crippen LogP contribution in [0.15, 0.2) is 158 Å². The highest BCUT2D eigenvalue weighted by Crippen LogP contribution is 2.38. The van der Waals surface area contributed by atoms with Crippen LogP contribution in [0.5, 0.6) is 0 Å². The summed E-state index contributed by atoms with van der Waals surface area (Å²) in [5, 5.41) is 3.36. The number of esters is 3. The van der Waals surface area contributed by atoms with Crippen LogP contribution in [0.1, 0.15) is 54.3 Å². The molecule has 0 spiro atoms. The zero-order valence-corrected chi connectivity index (χ0v) is 31.6. The molecular formula is C45H36ClN5O7. The number of ether oxygens (including phenoxy) is 4. The number of nitrogens with zero attached hydrogens (tertiary/aromatic N) is 4. The number of imidazole rings is 1. The molecule has 13 heteroatoms. The van der Waals surface area contributed by atoms with Crippen molar-refractivity contribution in [3.63, 3.8) is 0 Å². The number of nitrogens with one attached hydrogen (secondary N) is 1. The first-order valence-electron chi connectivity index (χ1n) is 18.6. The van der Waals surface area contributed by atoms with Gasteiger partial charge in [0.2, 0.25) is 5.28 Å². The molecule has 0 unspecified atom stereocenters. The third kappa shape index (κ3) is 8.43. The summed E-state index contributed by atoms with van der Waals surface area (Å²) in [6, 6.07) is 45.4. The molecule has 2 aromatic heterocycles. The highest BCUT2D eigenvalue weighted by Gasteiger charge is 2.52. The van der Waals surface area contributed by atoms with Gasteiger partial charge in [-0.3, -0.25) is 4.57 Å². The van der Waals surface area contributed by atoms with Crippen molar-refractivity contribution in [1.82, 2.24) is 19.5 Å². The lowest BCUT2D eigenvalue weighted by molar-refractivity contribution is -0.0606. The van der Waals surface area contributed by atoms with Crippen LogP contribution in [0.25, 0.3) is 11.2 Å². The van der Waals surface area contributed by atoms with Crippen molar-refractivity contribution in [2.75, 3.05) is 18.5 Å². The van der Waals surface area contributed by atoms with Gasteiger partial charge in [0.05, 0.1) is 23.0 Å². The Morgan fingerprint density at radius 1 is 0.655 bits per heavy atom. The molecule has 4 atom stereocenters. The molecule has 0 saturated carbocycles. The predicted molar refractivity (Wildman–Crippen MR) is 215 cm³/mol. The Labute approximate surface area is 338 Å². The standard InChI is InChI=1S/C45H36ClN5O7/c46-45-49-39(47-26-34(29-16-6-1-7-17-29)30-18-8-2-9-19-30)36-40(50-45)51(28-48-36)41-38(58-44(54)33-24-14-5-15-25-33)37(57-43(53)32-22-12-4-13-23-32)35(56-41)27-55-42(52)31-20-10-3-11-21-31/h1-25,28,34-35,37-38,41H,26-27H2,(H,47,49,50)/t35-,37-,38-,41-/m1/s1. The van der Waals surface area contributed by atoms with Gasteiger partial charge in [0.25, 0.3) is 0 Å². The summed E-state index contributed by atoms with van der Waals surface area (Å²) in [5.74, 6) is -1.70. The number of hydrogen-bond donors (Lipinski definition) is 1. The summed E-state index contributed by atoms with van der Waals surface area (Å²) in [7, 11) is 0. The average molecular weight is 794 g/mol. The fraction of sp³-hybridized carbons (Fsp3) is 0.156. The van der Waals surface area contributed by atoms with Crippen LogP contribution in [0.2, 0.25) is 5.28 Å². The minimum Gasteiger partial charge on any atom is -0.459 e. The zero-order valence-electron chi connectivity index (χ0n) is 30.8. The summed E-state index contributed by atoms with van der Waals surface area (Å²) in [5.41, 5.74) is 3.63. The smallest absolute Gasteiger partial charge is 0.338 e. The maximum atomic E-state index is 13.7. The minimum absolute atomic E-state index is 0.0485. The molecule has 7 aromatic rings. The van der Waals surface area contributed by atoms with Gasteiger partial charge in [0, 0.05) is 12.5 Å². The van der Waals surface area contributed by atoms with E-state index in [1.807, 2.05) is 36.4 Å². The van der Waals surface area contributed by atoms with E-state index in [0.29, 0.717) is 23.4 Å². The number of fused-ring (bicyclic) bond motifs is 1. The van der Waals surface area contributed by atoms with E-state index in [9.17, 15) is 14.4 Å². The van der Waals surface area contributed by atoms with Crippen molar-refractivity contribution in [3.05, 3.63) is 191 Å². The van der Waals surface area contributed by atoms with Crippen LogP contribution in [0.3, 0.4) is 0 Å². The molecule has 3 heterocycles. The van der Waals surface area contributed by atoms with E-state index in [1.165, 1.54) is 6.33 Å². The van der Waals surface area contributed by atoms with Gasteiger partial charge in [-0.1, -0.05) is 115 Å². The lowest BCUT2D eigenvalue weighted by atomic mass is 9.91. The van der Waals surface area contributed by atoms with Crippen molar-refractivity contribution in [2.24, 2.45) is 0 Å². The van der Waals surface area contributed by atoms with Crippen molar-refractivity contribution in [2.45, 2.75) is 30.5 Å². The summed E-state index contributed by atoms with van der Waals surface area (Å²) in [6.07, 6.45) is -3.38. The molecule has 58 heavy (non-hydrogen) atoms. The maximum absolute atomic E-state index is 13.7. The lowest BCUT2D eigenvalue weighted by Crippen LogP contribution is -2.41. The van der Waals surface area contributed by atoms with Gasteiger partial charge in [-0.2, -0.15) is 9.97 Å². The number of hydrogen-bond acceptors (Lipinski definition) is 11. The largest absolute Gasteiger partial charge is 0.459 e. The maximum Gasteiger partial charge on any atom is 0.338 e. The first-order valence-corrected chi connectivity index (χ1v) is 18.9. The molecule has 0 amide bonds. The molecule has 0 radical (unpaired) electrons. The second kappa shape index (κ2) is 17.5. The molecule has 1 aliphatic heterocycles. The Hall–Kier alpha value is -6.89. The fourth-order valence-electron chi connectivity index (χ4n) is 6.88. The first-order chi connectivity index (χ1) is 28.4. The van der Waals surface area contributed by atoms with Crippen molar-refractivity contribution in [3.8, 4) is 0 Å². The number of rotatable bonds is 13. The molecule has 1 saturated heterocycles. The number of carbonyl (C=O) groups is 3. The minimum atomic E-state index is -1.29. The third-order valence-electron chi connectivity index (χ3n) is 9.72. The Morgan fingerprint density at radius 3 is 1.67 bits per heavy atom. The molecule has 5 aromatic carbocycles. The van der Waals surface area contributed by atoms with Gasteiger partial charge in [0.1, 0.15) is 12.7 Å². The second-order valence-corrected chi connectivity index (χ2v) is 13.8. The lowest BCUT2D eigenvalue weighted by Gasteiger charge is -2.25. The van der Waals surface area contributed by atoms with Crippen LogP contribution in [-0.4, -0.2) is 68.9 Å². The van der Waals surface area contributed by atoms with Crippen LogP contribution in [0.4, 0.5) is 5.82 Å². The Morgan fingerprint density at radius 2 is 1.14 bits per heavy atom. The van der Waals surface area contributed by atoms with Crippen LogP contribution < -0.4 is 5.32 Å². The predicted octanol–water partition coefficient (Wildman–Crippen LogP) is 7.93. The molecule has 1 fully saturated rings. The van der Waals surface area contributed by atoms with E-state index >= 15 is 0 Å². The van der Waals surface area contributed by atoms with Crippen molar-refractivity contribution in [1.29, 1.82) is 0 Å². The van der Waals surface area contributed by atoms with E-state index in [4.69, 9.17) is 30.5 Å². The number of carbonyl (C=O) groups excluding carboxylic acids is 3. The first kappa shape index (κ1) is 38.0. The third-order valence-corrected chi connectivity index (χ3v) is 9.89. The summed E-state index contributed by atoms with van der Waals surface area (Å²) >= 11 is 6.59. The summed E-state index contributed by atoms with van der Waals surface area (Å²) < 4.78 is 26.1. The van der Waals surface area contributed by atoms with Crippen molar-refractivity contribution >= 4 is 46.5 Å². The Kier molecular flexibility index (Phi) is 11.5.